The van der Waals surface area contributed by atoms with E-state index in [2.05, 4.69) is 5.32 Å². The molecule has 0 spiro atoms. The number of carbonyl (C=O) groups excluding carboxylic acids is 2. The van der Waals surface area contributed by atoms with Crippen LogP contribution < -0.4 is 9.62 Å². The van der Waals surface area contributed by atoms with Crippen LogP contribution in [0.2, 0.25) is 5.02 Å². The number of carbonyl (C=O) groups is 2. The maximum atomic E-state index is 14.3. The predicted molar refractivity (Wildman–Crippen MR) is 167 cm³/mol. The third-order valence-electron chi connectivity index (χ3n) is 6.92. The molecular formula is C33H34ClN3O4S. The molecule has 0 aliphatic carbocycles. The van der Waals surface area contributed by atoms with Crippen molar-refractivity contribution >= 4 is 39.1 Å². The molecule has 42 heavy (non-hydrogen) atoms. The van der Waals surface area contributed by atoms with Crippen molar-refractivity contribution in [1.82, 2.24) is 10.2 Å². The van der Waals surface area contributed by atoms with E-state index in [0.29, 0.717) is 10.7 Å². The highest BCUT2D eigenvalue weighted by Gasteiger charge is 2.34. The van der Waals surface area contributed by atoms with E-state index in [4.69, 9.17) is 11.6 Å². The van der Waals surface area contributed by atoms with Gasteiger partial charge in [0.15, 0.2) is 0 Å². The second-order valence-corrected chi connectivity index (χ2v) is 12.4. The van der Waals surface area contributed by atoms with E-state index in [-0.39, 0.29) is 23.8 Å². The molecule has 0 saturated heterocycles. The van der Waals surface area contributed by atoms with Crippen molar-refractivity contribution < 1.29 is 18.0 Å². The van der Waals surface area contributed by atoms with Gasteiger partial charge in [0.1, 0.15) is 12.6 Å². The van der Waals surface area contributed by atoms with E-state index in [1.54, 1.807) is 18.2 Å². The molecular weight excluding hydrogens is 570 g/mol. The highest BCUT2D eigenvalue weighted by molar-refractivity contribution is 7.92. The van der Waals surface area contributed by atoms with Crippen LogP contribution >= 0.6 is 11.6 Å². The third-order valence-corrected chi connectivity index (χ3v) is 8.96. The van der Waals surface area contributed by atoms with Crippen LogP contribution in [0.1, 0.15) is 22.3 Å². The molecule has 4 aromatic carbocycles. The molecule has 0 unspecified atom stereocenters. The summed E-state index contributed by atoms with van der Waals surface area (Å²) in [6.45, 7) is 3.41. The molecule has 0 aromatic heterocycles. The average Bonchev–Trinajstić information content (AvgIpc) is 2.98. The van der Waals surface area contributed by atoms with Crippen molar-refractivity contribution in [2.75, 3.05) is 17.9 Å². The van der Waals surface area contributed by atoms with Gasteiger partial charge in [0.2, 0.25) is 11.8 Å². The molecule has 7 nitrogen and oxygen atoms in total. The van der Waals surface area contributed by atoms with Crippen LogP contribution in [0.15, 0.2) is 108 Å². The van der Waals surface area contributed by atoms with Gasteiger partial charge in [-0.15, -0.1) is 0 Å². The van der Waals surface area contributed by atoms with Crippen molar-refractivity contribution in [3.63, 3.8) is 0 Å². The van der Waals surface area contributed by atoms with Crippen molar-refractivity contribution in [2.24, 2.45) is 0 Å². The molecule has 0 fully saturated rings. The van der Waals surface area contributed by atoms with E-state index in [0.717, 1.165) is 26.6 Å². The summed E-state index contributed by atoms with van der Waals surface area (Å²) in [7, 11) is -2.65. The first kappa shape index (κ1) is 30.8. The summed E-state index contributed by atoms with van der Waals surface area (Å²) < 4.78 is 29.1. The second-order valence-electron chi connectivity index (χ2n) is 10.1. The van der Waals surface area contributed by atoms with Crippen molar-refractivity contribution in [2.45, 2.75) is 37.8 Å². The fourth-order valence-corrected chi connectivity index (χ4v) is 6.31. The molecule has 1 N–H and O–H groups in total. The average molecular weight is 604 g/mol. The topological polar surface area (TPSA) is 86.8 Å². The SMILES string of the molecule is CNC(=O)[C@H](Cc1ccccc1)N(Cc1cccc(C)c1)C(=O)CN(c1cccc(C)c1)S(=O)(=O)c1ccc(Cl)cc1. The Balaban J connectivity index is 1.79. The number of aryl methyl sites for hydroxylation is 2. The van der Waals surface area contributed by atoms with E-state index >= 15 is 0 Å². The van der Waals surface area contributed by atoms with Gasteiger partial charge in [-0.3, -0.25) is 13.9 Å². The normalized spacial score (nSPS) is 11.9. The monoisotopic (exact) mass is 603 g/mol. The molecule has 9 heteroatoms. The Bertz CT molecular complexity index is 1640. The quantitative estimate of drug-likeness (QED) is 0.244. The van der Waals surface area contributed by atoms with Crippen molar-refractivity contribution in [3.8, 4) is 0 Å². The van der Waals surface area contributed by atoms with Crippen LogP contribution in [-0.2, 0) is 32.6 Å². The number of halogens is 1. The zero-order valence-corrected chi connectivity index (χ0v) is 25.4. The lowest BCUT2D eigenvalue weighted by atomic mass is 10.0. The van der Waals surface area contributed by atoms with Gasteiger partial charge in [0.05, 0.1) is 10.6 Å². The molecule has 2 amide bonds. The third kappa shape index (κ3) is 7.57. The number of rotatable bonds is 11. The van der Waals surface area contributed by atoms with Crippen LogP contribution in [0, 0.1) is 13.8 Å². The molecule has 0 radical (unpaired) electrons. The zero-order chi connectivity index (χ0) is 30.3. The minimum Gasteiger partial charge on any atom is -0.357 e. The van der Waals surface area contributed by atoms with Gasteiger partial charge in [-0.1, -0.05) is 83.9 Å². The van der Waals surface area contributed by atoms with Gasteiger partial charge in [-0.05, 0) is 66.9 Å². The Morgan fingerprint density at radius 1 is 0.810 bits per heavy atom. The summed E-state index contributed by atoms with van der Waals surface area (Å²) in [6.07, 6.45) is 0.256. The minimum atomic E-state index is -4.18. The number of hydrogen-bond donors (Lipinski definition) is 1. The predicted octanol–water partition coefficient (Wildman–Crippen LogP) is 5.54. The largest absolute Gasteiger partial charge is 0.357 e. The number of nitrogens with zero attached hydrogens (tertiary/aromatic N) is 2. The molecule has 0 bridgehead atoms. The van der Waals surface area contributed by atoms with Crippen LogP contribution in [0.4, 0.5) is 5.69 Å². The van der Waals surface area contributed by atoms with Gasteiger partial charge in [-0.25, -0.2) is 8.42 Å². The molecule has 1 atom stereocenters. The molecule has 0 heterocycles. The maximum Gasteiger partial charge on any atom is 0.264 e. The van der Waals surface area contributed by atoms with Crippen LogP contribution in [0.3, 0.4) is 0 Å². The molecule has 0 aliphatic rings. The Morgan fingerprint density at radius 2 is 1.43 bits per heavy atom. The minimum absolute atomic E-state index is 0.00132. The fraction of sp³-hybridized carbons (Fsp3) is 0.212. The van der Waals surface area contributed by atoms with Gasteiger partial charge in [0, 0.05) is 25.0 Å². The van der Waals surface area contributed by atoms with E-state index in [1.165, 1.54) is 36.2 Å². The molecule has 218 valence electrons. The summed E-state index contributed by atoms with van der Waals surface area (Å²) in [4.78, 5) is 29.1. The summed E-state index contributed by atoms with van der Waals surface area (Å²) in [5.41, 5.74) is 3.88. The number of likely N-dealkylation sites (N-methyl/N-ethyl adjacent to an activating group) is 1. The summed E-state index contributed by atoms with van der Waals surface area (Å²) in [5.74, 6) is -0.859. The van der Waals surface area contributed by atoms with Crippen molar-refractivity contribution in [1.29, 1.82) is 0 Å². The van der Waals surface area contributed by atoms with Crippen molar-refractivity contribution in [3.05, 3.63) is 130 Å². The Hall–Kier alpha value is -4.14. The Labute approximate surface area is 252 Å². The number of hydrogen-bond acceptors (Lipinski definition) is 4. The maximum absolute atomic E-state index is 14.3. The Morgan fingerprint density at radius 3 is 2.05 bits per heavy atom. The first-order valence-corrected chi connectivity index (χ1v) is 15.4. The summed E-state index contributed by atoms with van der Waals surface area (Å²) in [6, 6.07) is 29.0. The molecule has 4 aromatic rings. The van der Waals surface area contributed by atoms with E-state index in [9.17, 15) is 18.0 Å². The van der Waals surface area contributed by atoms with Gasteiger partial charge in [-0.2, -0.15) is 0 Å². The van der Waals surface area contributed by atoms with Gasteiger partial charge < -0.3 is 10.2 Å². The standard InChI is InChI=1S/C33H34ClN3O4S/c1-24-9-7-13-27(19-24)22-36(31(33(39)35-3)21-26-11-5-4-6-12-26)32(38)23-37(29-14-8-10-25(2)20-29)42(40,41)30-17-15-28(34)16-18-30/h4-20,31H,21-23H2,1-3H3,(H,35,39)/t31-/m0/s1. The first-order valence-electron chi connectivity index (χ1n) is 13.5. The lowest BCUT2D eigenvalue weighted by molar-refractivity contribution is -0.139. The number of amides is 2. The molecule has 0 aliphatic heterocycles. The Kier molecular flexibility index (Phi) is 10.0. The van der Waals surface area contributed by atoms with E-state index in [1.807, 2.05) is 74.5 Å². The smallest absolute Gasteiger partial charge is 0.264 e. The lowest BCUT2D eigenvalue weighted by Gasteiger charge is -2.33. The second kappa shape index (κ2) is 13.7. The van der Waals surface area contributed by atoms with Crippen LogP contribution in [0.25, 0.3) is 0 Å². The number of sulfonamides is 1. The van der Waals surface area contributed by atoms with Crippen LogP contribution in [0.5, 0.6) is 0 Å². The van der Waals surface area contributed by atoms with Gasteiger partial charge >= 0.3 is 0 Å². The highest BCUT2D eigenvalue weighted by atomic mass is 35.5. The fourth-order valence-electron chi connectivity index (χ4n) is 4.77. The summed E-state index contributed by atoms with van der Waals surface area (Å²) >= 11 is 6.03. The first-order chi connectivity index (χ1) is 20.1. The number of benzene rings is 4. The zero-order valence-electron chi connectivity index (χ0n) is 23.8. The highest BCUT2D eigenvalue weighted by Crippen LogP contribution is 2.26. The molecule has 0 saturated carbocycles. The molecule has 4 rings (SSSR count). The van der Waals surface area contributed by atoms with E-state index < -0.39 is 28.5 Å². The van der Waals surface area contributed by atoms with Gasteiger partial charge in [0.25, 0.3) is 10.0 Å². The lowest BCUT2D eigenvalue weighted by Crippen LogP contribution is -2.53. The number of anilines is 1. The van der Waals surface area contributed by atoms with Crippen LogP contribution in [-0.4, -0.2) is 44.8 Å². The summed E-state index contributed by atoms with van der Waals surface area (Å²) in [5, 5.41) is 3.09. The number of nitrogens with one attached hydrogen (secondary N) is 1.